The number of hydrogen-bond acceptors (Lipinski definition) is 3. The summed E-state index contributed by atoms with van der Waals surface area (Å²) in [5, 5.41) is 6.07. The van der Waals surface area contributed by atoms with Crippen molar-refractivity contribution in [3.05, 3.63) is 0 Å². The topological polar surface area (TPSA) is 78.5 Å². The minimum atomic E-state index is -0.788. The minimum Gasteiger partial charge on any atom is -0.351 e. The largest absolute Gasteiger partial charge is 0.351 e. The second-order valence-corrected chi connectivity index (χ2v) is 10.3. The van der Waals surface area contributed by atoms with E-state index in [1.165, 1.54) is 25.7 Å². The lowest BCUT2D eigenvalue weighted by Crippen LogP contribution is -2.51. The van der Waals surface area contributed by atoms with Crippen molar-refractivity contribution in [3.8, 4) is 0 Å². The van der Waals surface area contributed by atoms with E-state index in [0.29, 0.717) is 30.6 Å². The molecular formula is C22H35N3O3. The van der Waals surface area contributed by atoms with Crippen LogP contribution in [0.5, 0.6) is 0 Å². The van der Waals surface area contributed by atoms with Gasteiger partial charge in [-0.3, -0.25) is 14.5 Å². The average molecular weight is 390 g/mol. The zero-order chi connectivity index (χ0) is 20.1. The molecule has 6 heteroatoms. The summed E-state index contributed by atoms with van der Waals surface area (Å²) in [4.78, 5) is 39.3. The fourth-order valence-electron chi connectivity index (χ4n) is 5.25. The van der Waals surface area contributed by atoms with Crippen LogP contribution in [-0.2, 0) is 9.59 Å². The summed E-state index contributed by atoms with van der Waals surface area (Å²) in [6, 6.07) is -0.156. The highest BCUT2D eigenvalue weighted by atomic mass is 16.2. The van der Waals surface area contributed by atoms with E-state index in [1.807, 2.05) is 0 Å². The van der Waals surface area contributed by atoms with E-state index in [0.717, 1.165) is 24.2 Å². The number of amides is 4. The van der Waals surface area contributed by atoms with Gasteiger partial charge in [0.2, 0.25) is 5.91 Å². The second-order valence-electron chi connectivity index (χ2n) is 10.3. The van der Waals surface area contributed by atoms with Gasteiger partial charge in [-0.2, -0.15) is 0 Å². The van der Waals surface area contributed by atoms with E-state index < -0.39 is 11.6 Å². The van der Waals surface area contributed by atoms with Crippen LogP contribution < -0.4 is 10.6 Å². The molecular weight excluding hydrogens is 354 g/mol. The standard InChI is InChI=1S/C22H35N3O3/c1-4-21(2,3)16-9-11-22(12-10-16)19(27)25(20(28)24-22)13-17(26)23-18(14-5-6-14)15-7-8-15/h14-16,18H,4-13H2,1-3H3,(H,23,26)(H,24,28). The molecule has 4 fully saturated rings. The molecule has 3 aliphatic carbocycles. The maximum atomic E-state index is 13.1. The summed E-state index contributed by atoms with van der Waals surface area (Å²) >= 11 is 0. The van der Waals surface area contributed by atoms with Crippen molar-refractivity contribution in [2.75, 3.05) is 6.54 Å². The maximum absolute atomic E-state index is 13.1. The molecule has 0 aromatic carbocycles. The van der Waals surface area contributed by atoms with Crippen LogP contribution in [0.2, 0.25) is 0 Å². The highest BCUT2D eigenvalue weighted by Gasteiger charge is 2.54. The highest BCUT2D eigenvalue weighted by molar-refractivity contribution is 6.09. The third kappa shape index (κ3) is 3.67. The fraction of sp³-hybridized carbons (Fsp3) is 0.864. The van der Waals surface area contributed by atoms with Crippen molar-refractivity contribution in [3.63, 3.8) is 0 Å². The molecule has 0 bridgehead atoms. The normalized spacial score (nSPS) is 30.9. The van der Waals surface area contributed by atoms with Crippen LogP contribution in [0.15, 0.2) is 0 Å². The van der Waals surface area contributed by atoms with Crippen LogP contribution in [0.3, 0.4) is 0 Å². The molecule has 2 N–H and O–H groups in total. The number of hydrogen-bond donors (Lipinski definition) is 2. The molecule has 0 unspecified atom stereocenters. The quantitative estimate of drug-likeness (QED) is 0.656. The molecule has 0 atom stereocenters. The second kappa shape index (κ2) is 7.03. The number of rotatable bonds is 7. The summed E-state index contributed by atoms with van der Waals surface area (Å²) in [5.74, 6) is 1.38. The van der Waals surface area contributed by atoms with Crippen LogP contribution in [0.25, 0.3) is 0 Å². The SMILES string of the molecule is CCC(C)(C)C1CCC2(CC1)NC(=O)N(CC(=O)NC(C1CC1)C1CC1)C2=O. The molecule has 6 nitrogen and oxygen atoms in total. The first-order valence-electron chi connectivity index (χ1n) is 11.2. The zero-order valence-corrected chi connectivity index (χ0v) is 17.6. The highest BCUT2D eigenvalue weighted by Crippen LogP contribution is 2.46. The monoisotopic (exact) mass is 389 g/mol. The van der Waals surface area contributed by atoms with Crippen molar-refractivity contribution in [1.82, 2.24) is 15.5 Å². The van der Waals surface area contributed by atoms with E-state index in [1.54, 1.807) is 0 Å². The first kappa shape index (κ1) is 19.7. The van der Waals surface area contributed by atoms with Gasteiger partial charge in [0.1, 0.15) is 12.1 Å². The minimum absolute atomic E-state index is 0.147. The molecule has 1 saturated heterocycles. The van der Waals surface area contributed by atoms with Crippen molar-refractivity contribution in [1.29, 1.82) is 0 Å². The Morgan fingerprint density at radius 2 is 1.71 bits per heavy atom. The lowest BCUT2D eigenvalue weighted by molar-refractivity contribution is -0.136. The Morgan fingerprint density at radius 1 is 1.14 bits per heavy atom. The smallest absolute Gasteiger partial charge is 0.325 e. The van der Waals surface area contributed by atoms with Crippen LogP contribution in [0.1, 0.15) is 78.6 Å². The van der Waals surface area contributed by atoms with Gasteiger partial charge in [0, 0.05) is 6.04 Å². The molecule has 4 aliphatic rings. The van der Waals surface area contributed by atoms with Gasteiger partial charge < -0.3 is 10.6 Å². The predicted molar refractivity (Wildman–Crippen MR) is 106 cm³/mol. The van der Waals surface area contributed by atoms with Crippen LogP contribution in [0, 0.1) is 23.2 Å². The van der Waals surface area contributed by atoms with Gasteiger partial charge in [0.05, 0.1) is 0 Å². The maximum Gasteiger partial charge on any atom is 0.325 e. The van der Waals surface area contributed by atoms with E-state index in [4.69, 9.17) is 0 Å². The molecule has 1 heterocycles. The van der Waals surface area contributed by atoms with Crippen LogP contribution in [-0.4, -0.2) is 40.9 Å². The summed E-state index contributed by atoms with van der Waals surface area (Å²) in [6.07, 6.45) is 9.09. The molecule has 4 rings (SSSR count). The zero-order valence-electron chi connectivity index (χ0n) is 17.6. The number of nitrogens with one attached hydrogen (secondary N) is 2. The van der Waals surface area contributed by atoms with Crippen molar-refractivity contribution in [2.24, 2.45) is 23.2 Å². The lowest BCUT2D eigenvalue weighted by atomic mass is 9.65. The summed E-state index contributed by atoms with van der Waals surface area (Å²) in [5.41, 5.74) is -0.530. The molecule has 1 spiro atoms. The lowest BCUT2D eigenvalue weighted by Gasteiger charge is -2.42. The Bertz CT molecular complexity index is 646. The van der Waals surface area contributed by atoms with E-state index in [9.17, 15) is 14.4 Å². The van der Waals surface area contributed by atoms with Gasteiger partial charge in [0.25, 0.3) is 5.91 Å². The molecule has 3 saturated carbocycles. The Hall–Kier alpha value is -1.59. The van der Waals surface area contributed by atoms with Gasteiger partial charge >= 0.3 is 6.03 Å². The summed E-state index contributed by atoms with van der Waals surface area (Å²) < 4.78 is 0. The first-order valence-corrected chi connectivity index (χ1v) is 11.2. The first-order chi connectivity index (χ1) is 13.3. The van der Waals surface area contributed by atoms with Crippen LogP contribution in [0.4, 0.5) is 4.79 Å². The number of urea groups is 1. The fourth-order valence-corrected chi connectivity index (χ4v) is 5.25. The molecule has 28 heavy (non-hydrogen) atoms. The number of imide groups is 1. The molecule has 156 valence electrons. The summed E-state index contributed by atoms with van der Waals surface area (Å²) in [6.45, 7) is 6.64. The van der Waals surface area contributed by atoms with Crippen molar-refractivity contribution >= 4 is 17.8 Å². The molecule has 0 radical (unpaired) electrons. The Labute approximate surface area is 168 Å². The molecule has 4 amide bonds. The Morgan fingerprint density at radius 3 is 2.21 bits per heavy atom. The summed E-state index contributed by atoms with van der Waals surface area (Å²) in [7, 11) is 0. The molecule has 0 aromatic heterocycles. The van der Waals surface area contributed by atoms with Gasteiger partial charge in [-0.25, -0.2) is 4.79 Å². The Balaban J connectivity index is 1.35. The van der Waals surface area contributed by atoms with Crippen molar-refractivity contribution < 1.29 is 14.4 Å². The number of carbonyl (C=O) groups excluding carboxylic acids is 3. The van der Waals surface area contributed by atoms with Gasteiger partial charge in [-0.15, -0.1) is 0 Å². The number of nitrogens with zero attached hydrogens (tertiary/aromatic N) is 1. The third-order valence-electron chi connectivity index (χ3n) is 7.99. The van der Waals surface area contributed by atoms with E-state index >= 15 is 0 Å². The molecule has 1 aliphatic heterocycles. The van der Waals surface area contributed by atoms with E-state index in [-0.39, 0.29) is 29.8 Å². The van der Waals surface area contributed by atoms with Crippen LogP contribution >= 0.6 is 0 Å². The van der Waals surface area contributed by atoms with E-state index in [2.05, 4.69) is 31.4 Å². The van der Waals surface area contributed by atoms with Crippen molar-refractivity contribution in [2.45, 2.75) is 90.1 Å². The molecule has 0 aromatic rings. The van der Waals surface area contributed by atoms with Gasteiger partial charge in [0.15, 0.2) is 0 Å². The predicted octanol–water partition coefficient (Wildman–Crippen LogP) is 3.21. The number of carbonyl (C=O) groups is 3. The average Bonchev–Trinajstić information content (AvgIpc) is 3.56. The third-order valence-corrected chi connectivity index (χ3v) is 7.99. The Kier molecular flexibility index (Phi) is 4.95. The van der Waals surface area contributed by atoms with Gasteiger partial charge in [-0.05, 0) is 74.5 Å². The van der Waals surface area contributed by atoms with Gasteiger partial charge in [-0.1, -0.05) is 27.2 Å².